The maximum Gasteiger partial charge on any atom is 0.174 e. The number of rotatable bonds is 5. The van der Waals surface area contributed by atoms with E-state index in [1.807, 2.05) is 18.3 Å². The molecule has 6 heteroatoms. The topological polar surface area (TPSA) is 42.3 Å². The first kappa shape index (κ1) is 19.3. The molecule has 0 amide bonds. The fourth-order valence-electron chi connectivity index (χ4n) is 4.58. The van der Waals surface area contributed by atoms with Crippen molar-refractivity contribution in [1.82, 2.24) is 14.9 Å². The Bertz CT molecular complexity index is 1030. The lowest BCUT2D eigenvalue weighted by Crippen LogP contribution is -2.31. The summed E-state index contributed by atoms with van der Waals surface area (Å²) in [5, 5.41) is 4.28. The number of thiocarbonyl (C=S) groups is 1. The number of nitrogens with one attached hydrogen (secondary N) is 1. The number of anilines is 1. The van der Waals surface area contributed by atoms with Crippen molar-refractivity contribution in [3.8, 4) is 0 Å². The van der Waals surface area contributed by atoms with Gasteiger partial charge in [-0.05, 0) is 73.9 Å². The second kappa shape index (κ2) is 8.20. The molecule has 30 heavy (non-hydrogen) atoms. The average molecular weight is 419 g/mol. The summed E-state index contributed by atoms with van der Waals surface area (Å²) in [4.78, 5) is 6.89. The monoisotopic (exact) mass is 418 g/mol. The van der Waals surface area contributed by atoms with Crippen molar-refractivity contribution in [3.63, 3.8) is 0 Å². The molecular weight excluding hydrogens is 392 g/mol. The number of benzene rings is 1. The summed E-state index contributed by atoms with van der Waals surface area (Å²) in [6, 6.07) is 18.9. The highest BCUT2D eigenvalue weighted by Gasteiger charge is 2.42. The SMILES string of the molecule is Cc1cccc(N2C(=S)N[C@H](c3ccccn3)[C@@H]2c2cccn2C[C@H]2CCCO2)c1. The van der Waals surface area contributed by atoms with Gasteiger partial charge in [0, 0.05) is 36.9 Å². The van der Waals surface area contributed by atoms with Gasteiger partial charge >= 0.3 is 0 Å². The van der Waals surface area contributed by atoms with Gasteiger partial charge < -0.3 is 19.5 Å². The number of aryl methyl sites for hydroxylation is 1. The molecule has 3 aromatic rings. The maximum absolute atomic E-state index is 5.92. The summed E-state index contributed by atoms with van der Waals surface area (Å²) in [6.07, 6.45) is 6.53. The van der Waals surface area contributed by atoms with Crippen LogP contribution >= 0.6 is 12.2 Å². The minimum absolute atomic E-state index is 0.00519. The lowest BCUT2D eigenvalue weighted by Gasteiger charge is -2.29. The Morgan fingerprint density at radius 1 is 1.17 bits per heavy atom. The number of ether oxygens (including phenoxy) is 1. The fourth-order valence-corrected chi connectivity index (χ4v) is 4.93. The zero-order valence-electron chi connectivity index (χ0n) is 17.1. The van der Waals surface area contributed by atoms with Gasteiger partial charge in [-0.1, -0.05) is 18.2 Å². The molecule has 154 valence electrons. The van der Waals surface area contributed by atoms with Crippen LogP contribution in [0.4, 0.5) is 5.69 Å². The van der Waals surface area contributed by atoms with Crippen molar-refractivity contribution in [2.45, 2.75) is 44.5 Å². The van der Waals surface area contributed by atoms with Crippen molar-refractivity contribution in [1.29, 1.82) is 0 Å². The van der Waals surface area contributed by atoms with Gasteiger partial charge in [-0.2, -0.15) is 0 Å². The summed E-state index contributed by atoms with van der Waals surface area (Å²) in [5.41, 5.74) is 4.52. The first-order valence-electron chi connectivity index (χ1n) is 10.5. The van der Waals surface area contributed by atoms with Gasteiger partial charge in [0.25, 0.3) is 0 Å². The molecule has 0 aliphatic carbocycles. The summed E-state index contributed by atoms with van der Waals surface area (Å²) in [6.45, 7) is 3.84. The van der Waals surface area contributed by atoms with Crippen LogP contribution < -0.4 is 10.2 Å². The molecule has 1 N–H and O–H groups in total. The number of hydrogen-bond acceptors (Lipinski definition) is 3. The van der Waals surface area contributed by atoms with Crippen molar-refractivity contribution in [2.24, 2.45) is 0 Å². The molecule has 0 radical (unpaired) electrons. The van der Waals surface area contributed by atoms with Crippen LogP contribution in [0.2, 0.25) is 0 Å². The van der Waals surface area contributed by atoms with Crippen LogP contribution in [0.5, 0.6) is 0 Å². The Kier molecular flexibility index (Phi) is 5.27. The molecule has 0 spiro atoms. The molecule has 2 aromatic heterocycles. The molecule has 2 aliphatic rings. The third kappa shape index (κ3) is 3.61. The van der Waals surface area contributed by atoms with Crippen molar-refractivity contribution in [2.75, 3.05) is 11.5 Å². The normalized spacial score (nSPS) is 23.7. The van der Waals surface area contributed by atoms with Crippen molar-refractivity contribution in [3.05, 3.63) is 83.9 Å². The molecule has 1 aromatic carbocycles. The summed E-state index contributed by atoms with van der Waals surface area (Å²) in [7, 11) is 0. The van der Waals surface area contributed by atoms with E-state index >= 15 is 0 Å². The number of nitrogens with zero attached hydrogens (tertiary/aromatic N) is 3. The first-order valence-corrected chi connectivity index (χ1v) is 11.0. The first-order chi connectivity index (χ1) is 14.7. The van der Waals surface area contributed by atoms with Gasteiger partial charge in [0.2, 0.25) is 0 Å². The molecule has 2 aliphatic heterocycles. The van der Waals surface area contributed by atoms with Gasteiger partial charge in [0.05, 0.1) is 17.8 Å². The second-order valence-corrected chi connectivity index (χ2v) is 8.44. The standard InChI is InChI=1S/C24H26N4OS/c1-17-7-4-8-18(15-17)28-23(22(26-24(28)30)20-10-2-3-12-25-20)21-11-5-13-27(21)16-19-9-6-14-29-19/h2-5,7-8,10-13,15,19,22-23H,6,9,14,16H2,1H3,(H,26,30)/t19-,22-,23+/m1/s1. The Labute approximate surface area is 182 Å². The number of pyridine rings is 1. The fraction of sp³-hybridized carbons (Fsp3) is 0.333. The van der Waals surface area contributed by atoms with Gasteiger partial charge in [0.15, 0.2) is 5.11 Å². The highest BCUT2D eigenvalue weighted by molar-refractivity contribution is 7.80. The van der Waals surface area contributed by atoms with Crippen LogP contribution in [0.15, 0.2) is 67.0 Å². The van der Waals surface area contributed by atoms with Crippen LogP contribution in [0.1, 0.15) is 41.9 Å². The van der Waals surface area contributed by atoms with Crippen molar-refractivity contribution >= 4 is 23.0 Å². The zero-order chi connectivity index (χ0) is 20.5. The van der Waals surface area contributed by atoms with E-state index in [-0.39, 0.29) is 18.2 Å². The predicted molar refractivity (Wildman–Crippen MR) is 123 cm³/mol. The van der Waals surface area contributed by atoms with E-state index in [4.69, 9.17) is 17.0 Å². The summed E-state index contributed by atoms with van der Waals surface area (Å²) in [5.74, 6) is 0. The molecule has 0 saturated carbocycles. The summed E-state index contributed by atoms with van der Waals surface area (Å²) >= 11 is 5.83. The Morgan fingerprint density at radius 3 is 2.87 bits per heavy atom. The highest BCUT2D eigenvalue weighted by atomic mass is 32.1. The Balaban J connectivity index is 1.58. The molecule has 4 heterocycles. The Hall–Kier alpha value is -2.70. The lowest BCUT2D eigenvalue weighted by atomic mass is 10.0. The van der Waals surface area contributed by atoms with E-state index in [2.05, 4.69) is 75.4 Å². The third-order valence-corrected chi connectivity index (χ3v) is 6.28. The summed E-state index contributed by atoms with van der Waals surface area (Å²) < 4.78 is 8.24. The Morgan fingerprint density at radius 2 is 2.10 bits per heavy atom. The van der Waals surface area contributed by atoms with Gasteiger partial charge in [-0.15, -0.1) is 0 Å². The minimum atomic E-state index is -0.0302. The van der Waals surface area contributed by atoms with E-state index in [0.29, 0.717) is 0 Å². The van der Waals surface area contributed by atoms with E-state index in [0.717, 1.165) is 42.5 Å². The van der Waals surface area contributed by atoms with Gasteiger partial charge in [0.1, 0.15) is 6.04 Å². The van der Waals surface area contributed by atoms with E-state index in [1.165, 1.54) is 11.3 Å². The van der Waals surface area contributed by atoms with Crippen LogP contribution in [-0.4, -0.2) is 27.4 Å². The van der Waals surface area contributed by atoms with Crippen LogP contribution in [0, 0.1) is 6.92 Å². The molecule has 2 saturated heterocycles. The van der Waals surface area contributed by atoms with Crippen molar-refractivity contribution < 1.29 is 4.74 Å². The minimum Gasteiger partial charge on any atom is -0.376 e. The van der Waals surface area contributed by atoms with Gasteiger partial charge in [-0.25, -0.2) is 0 Å². The smallest absolute Gasteiger partial charge is 0.174 e. The molecular formula is C24H26N4OS. The average Bonchev–Trinajstić information content (AvgIpc) is 3.49. The zero-order valence-corrected chi connectivity index (χ0v) is 17.9. The molecule has 2 fully saturated rings. The van der Waals surface area contributed by atoms with Crippen LogP contribution in [0.3, 0.4) is 0 Å². The van der Waals surface area contributed by atoms with Crippen LogP contribution in [0.25, 0.3) is 0 Å². The van der Waals surface area contributed by atoms with Gasteiger partial charge in [-0.3, -0.25) is 4.98 Å². The third-order valence-electron chi connectivity index (χ3n) is 5.97. The molecule has 5 nitrogen and oxygen atoms in total. The predicted octanol–water partition coefficient (Wildman–Crippen LogP) is 4.55. The lowest BCUT2D eigenvalue weighted by molar-refractivity contribution is 0.0961. The largest absolute Gasteiger partial charge is 0.376 e. The quantitative estimate of drug-likeness (QED) is 0.616. The second-order valence-electron chi connectivity index (χ2n) is 8.06. The molecule has 0 bridgehead atoms. The number of aromatic nitrogens is 2. The highest BCUT2D eigenvalue weighted by Crippen LogP contribution is 2.41. The molecule has 0 unspecified atom stereocenters. The van der Waals surface area contributed by atoms with E-state index < -0.39 is 0 Å². The van der Waals surface area contributed by atoms with Crippen LogP contribution in [-0.2, 0) is 11.3 Å². The van der Waals surface area contributed by atoms with E-state index in [1.54, 1.807) is 0 Å². The maximum atomic E-state index is 5.92. The van der Waals surface area contributed by atoms with E-state index in [9.17, 15) is 0 Å². The molecule has 5 rings (SSSR count). The molecule has 3 atom stereocenters. The number of hydrogen-bond donors (Lipinski definition) is 1.